The average Bonchev–Trinajstić information content (AvgIpc) is 2.63. The third-order valence-corrected chi connectivity index (χ3v) is 4.49. The summed E-state index contributed by atoms with van der Waals surface area (Å²) in [4.78, 5) is 26.3. The van der Waals surface area contributed by atoms with E-state index < -0.39 is 6.10 Å². The number of likely N-dealkylation sites (N-methyl/N-ethyl adjacent to an activating group) is 1. The van der Waals surface area contributed by atoms with Gasteiger partial charge in [-0.25, -0.2) is 0 Å². The number of hydrogen-bond acceptors (Lipinski definition) is 4. The predicted molar refractivity (Wildman–Crippen MR) is 102 cm³/mol. The Bertz CT molecular complexity index is 844. The Morgan fingerprint density at radius 1 is 1.23 bits per heavy atom. The second-order valence-corrected chi connectivity index (χ2v) is 6.58. The number of carbonyl (C=O) groups is 2. The third-order valence-electron chi connectivity index (χ3n) is 3.94. The highest BCUT2D eigenvalue weighted by Gasteiger charge is 2.31. The molecule has 2 amide bonds. The van der Waals surface area contributed by atoms with E-state index in [-0.39, 0.29) is 24.9 Å². The van der Waals surface area contributed by atoms with Crippen LogP contribution in [0.15, 0.2) is 42.5 Å². The van der Waals surface area contributed by atoms with Gasteiger partial charge in [0.05, 0.1) is 29.5 Å². The maximum atomic E-state index is 12.5. The molecule has 1 atom stereocenters. The van der Waals surface area contributed by atoms with Crippen LogP contribution in [0.4, 0.5) is 11.4 Å². The summed E-state index contributed by atoms with van der Waals surface area (Å²) in [6, 6.07) is 12.1. The summed E-state index contributed by atoms with van der Waals surface area (Å²) in [7, 11) is 1.55. The molecule has 0 bridgehead atoms. The van der Waals surface area contributed by atoms with Gasteiger partial charge >= 0.3 is 0 Å². The lowest BCUT2D eigenvalue weighted by Crippen LogP contribution is -2.50. The number of anilines is 2. The molecule has 0 saturated heterocycles. The monoisotopic (exact) mass is 393 g/mol. The van der Waals surface area contributed by atoms with Crippen LogP contribution in [-0.4, -0.2) is 38.1 Å². The standard InChI is InChI=1S/C18H17Cl2N3O3/c1-21-18(25)16-9-23(14-4-2-3-5-15(14)26-16)10-17(24)22-13-7-6-11(19)8-12(13)20/h2-8,16H,9-10H2,1H3,(H,21,25)(H,22,24)/t16-/m1/s1. The molecule has 0 aliphatic carbocycles. The van der Waals surface area contributed by atoms with E-state index in [1.807, 2.05) is 18.2 Å². The molecule has 26 heavy (non-hydrogen) atoms. The number of ether oxygens (including phenoxy) is 1. The van der Waals surface area contributed by atoms with Crippen LogP contribution in [0.3, 0.4) is 0 Å². The number of amides is 2. The Morgan fingerprint density at radius 3 is 2.73 bits per heavy atom. The summed E-state index contributed by atoms with van der Waals surface area (Å²) in [5, 5.41) is 6.18. The summed E-state index contributed by atoms with van der Waals surface area (Å²) >= 11 is 12.0. The number of nitrogens with one attached hydrogen (secondary N) is 2. The minimum Gasteiger partial charge on any atom is -0.477 e. The molecule has 0 spiro atoms. The zero-order valence-electron chi connectivity index (χ0n) is 14.0. The highest BCUT2D eigenvalue weighted by molar-refractivity contribution is 6.36. The fourth-order valence-corrected chi connectivity index (χ4v) is 3.16. The molecule has 1 aliphatic rings. The molecule has 1 aliphatic heterocycles. The zero-order valence-corrected chi connectivity index (χ0v) is 15.5. The number of nitrogens with zero attached hydrogens (tertiary/aromatic N) is 1. The van der Waals surface area contributed by atoms with Gasteiger partial charge < -0.3 is 20.3 Å². The van der Waals surface area contributed by atoms with Gasteiger partial charge in [-0.1, -0.05) is 35.3 Å². The van der Waals surface area contributed by atoms with Crippen LogP contribution >= 0.6 is 23.2 Å². The first kappa shape index (κ1) is 18.4. The van der Waals surface area contributed by atoms with E-state index in [2.05, 4.69) is 10.6 Å². The number of halogens is 2. The van der Waals surface area contributed by atoms with E-state index in [0.717, 1.165) is 5.69 Å². The second-order valence-electron chi connectivity index (χ2n) is 5.74. The lowest BCUT2D eigenvalue weighted by molar-refractivity contribution is -0.127. The van der Waals surface area contributed by atoms with Crippen molar-refractivity contribution < 1.29 is 14.3 Å². The molecule has 8 heteroatoms. The van der Waals surface area contributed by atoms with Crippen molar-refractivity contribution in [1.82, 2.24) is 5.32 Å². The summed E-state index contributed by atoms with van der Waals surface area (Å²) < 4.78 is 5.73. The van der Waals surface area contributed by atoms with Gasteiger partial charge in [-0.2, -0.15) is 0 Å². The van der Waals surface area contributed by atoms with Crippen molar-refractivity contribution in [2.75, 3.05) is 30.4 Å². The molecular formula is C18H17Cl2N3O3. The first-order valence-electron chi connectivity index (χ1n) is 7.95. The molecule has 0 saturated carbocycles. The fraction of sp³-hybridized carbons (Fsp3) is 0.222. The minimum absolute atomic E-state index is 0.0484. The smallest absolute Gasteiger partial charge is 0.262 e. The largest absolute Gasteiger partial charge is 0.477 e. The van der Waals surface area contributed by atoms with Crippen molar-refractivity contribution in [2.45, 2.75) is 6.10 Å². The van der Waals surface area contributed by atoms with Crippen molar-refractivity contribution in [1.29, 1.82) is 0 Å². The van der Waals surface area contributed by atoms with E-state index in [1.165, 1.54) is 0 Å². The van der Waals surface area contributed by atoms with Crippen molar-refractivity contribution in [3.8, 4) is 5.75 Å². The third kappa shape index (κ3) is 4.03. The van der Waals surface area contributed by atoms with Crippen molar-refractivity contribution in [3.63, 3.8) is 0 Å². The van der Waals surface area contributed by atoms with E-state index >= 15 is 0 Å². The highest BCUT2D eigenvalue weighted by atomic mass is 35.5. The fourth-order valence-electron chi connectivity index (χ4n) is 2.71. The lowest BCUT2D eigenvalue weighted by Gasteiger charge is -2.35. The van der Waals surface area contributed by atoms with Crippen LogP contribution in [0.2, 0.25) is 10.0 Å². The van der Waals surface area contributed by atoms with Crippen LogP contribution in [0.25, 0.3) is 0 Å². The molecule has 0 unspecified atom stereocenters. The normalized spacial score (nSPS) is 15.7. The number of carbonyl (C=O) groups excluding carboxylic acids is 2. The molecule has 2 aromatic rings. The predicted octanol–water partition coefficient (Wildman–Crippen LogP) is 2.95. The summed E-state index contributed by atoms with van der Waals surface area (Å²) in [6.45, 7) is 0.311. The van der Waals surface area contributed by atoms with Gasteiger partial charge in [0, 0.05) is 12.1 Å². The van der Waals surface area contributed by atoms with E-state index in [9.17, 15) is 9.59 Å². The Kier molecular flexibility index (Phi) is 5.54. The second kappa shape index (κ2) is 7.85. The molecule has 1 heterocycles. The highest BCUT2D eigenvalue weighted by Crippen LogP contribution is 2.33. The zero-order chi connectivity index (χ0) is 18.7. The van der Waals surface area contributed by atoms with Gasteiger partial charge in [-0.15, -0.1) is 0 Å². The Hall–Kier alpha value is -2.44. The summed E-state index contributed by atoms with van der Waals surface area (Å²) in [5.74, 6) is 0.0527. The maximum absolute atomic E-state index is 12.5. The van der Waals surface area contributed by atoms with Crippen molar-refractivity contribution in [2.24, 2.45) is 0 Å². The molecule has 2 N–H and O–H groups in total. The van der Waals surface area contributed by atoms with E-state index in [1.54, 1.807) is 36.2 Å². The molecule has 0 aromatic heterocycles. The van der Waals surface area contributed by atoms with Crippen LogP contribution < -0.4 is 20.3 Å². The Labute approximate surface area is 161 Å². The summed E-state index contributed by atoms with van der Waals surface area (Å²) in [6.07, 6.45) is -0.693. The first-order valence-corrected chi connectivity index (χ1v) is 8.70. The van der Waals surface area contributed by atoms with Crippen LogP contribution in [0.1, 0.15) is 0 Å². The first-order chi connectivity index (χ1) is 12.5. The number of rotatable bonds is 4. The molecule has 6 nitrogen and oxygen atoms in total. The topological polar surface area (TPSA) is 70.7 Å². The van der Waals surface area contributed by atoms with Crippen molar-refractivity contribution >= 4 is 46.4 Å². The lowest BCUT2D eigenvalue weighted by atomic mass is 10.1. The Balaban J connectivity index is 1.76. The van der Waals surface area contributed by atoms with E-state index in [4.69, 9.17) is 27.9 Å². The Morgan fingerprint density at radius 2 is 2.00 bits per heavy atom. The van der Waals surface area contributed by atoms with Gasteiger partial charge in [0.15, 0.2) is 6.10 Å². The van der Waals surface area contributed by atoms with Gasteiger partial charge in [0.1, 0.15) is 5.75 Å². The van der Waals surface area contributed by atoms with Crippen LogP contribution in [-0.2, 0) is 9.59 Å². The van der Waals surface area contributed by atoms with Crippen LogP contribution in [0.5, 0.6) is 5.75 Å². The van der Waals surface area contributed by atoms with Gasteiger partial charge in [-0.05, 0) is 30.3 Å². The molecule has 136 valence electrons. The maximum Gasteiger partial charge on any atom is 0.262 e. The molecular weight excluding hydrogens is 377 g/mol. The van der Waals surface area contributed by atoms with E-state index in [0.29, 0.717) is 21.5 Å². The number of hydrogen-bond donors (Lipinski definition) is 2. The summed E-state index contributed by atoms with van der Waals surface area (Å²) in [5.41, 5.74) is 1.23. The molecule has 0 fully saturated rings. The number of para-hydroxylation sites is 2. The van der Waals surface area contributed by atoms with Gasteiger partial charge in [0.2, 0.25) is 5.91 Å². The molecule has 3 rings (SSSR count). The molecule has 0 radical (unpaired) electrons. The number of fused-ring (bicyclic) bond motifs is 1. The molecule has 2 aromatic carbocycles. The average molecular weight is 394 g/mol. The van der Waals surface area contributed by atoms with Gasteiger partial charge in [0.25, 0.3) is 5.91 Å². The quantitative estimate of drug-likeness (QED) is 0.837. The van der Waals surface area contributed by atoms with Gasteiger partial charge in [-0.3, -0.25) is 9.59 Å². The van der Waals surface area contributed by atoms with Crippen molar-refractivity contribution in [3.05, 3.63) is 52.5 Å². The number of benzene rings is 2. The SMILES string of the molecule is CNC(=O)[C@H]1CN(CC(=O)Nc2ccc(Cl)cc2Cl)c2ccccc2O1. The van der Waals surface area contributed by atoms with Crippen LogP contribution in [0, 0.1) is 0 Å². The minimum atomic E-state index is -0.693.